The predicted octanol–water partition coefficient (Wildman–Crippen LogP) is 0.312. The third-order valence-corrected chi connectivity index (χ3v) is 5.81. The Labute approximate surface area is 120 Å². The van der Waals surface area contributed by atoms with Gasteiger partial charge in [-0.05, 0) is 24.3 Å². The van der Waals surface area contributed by atoms with Gasteiger partial charge in [-0.1, -0.05) is 0 Å². The summed E-state index contributed by atoms with van der Waals surface area (Å²) in [6, 6.07) is -0.246. The van der Waals surface area contributed by atoms with E-state index in [-0.39, 0.29) is 28.3 Å². The molecule has 1 aliphatic heterocycles. The van der Waals surface area contributed by atoms with Gasteiger partial charge in [0.25, 0.3) is 0 Å². The first kappa shape index (κ1) is 14.9. The van der Waals surface area contributed by atoms with Crippen LogP contribution in [0.4, 0.5) is 0 Å². The average Bonchev–Trinajstić information content (AvgIpc) is 2.93. The number of aryl methyl sites for hydroxylation is 1. The molecular formula is C11H14N2O5S2. The number of carboxylic acid groups (broad SMARTS) is 1. The molecule has 1 aromatic rings. The summed E-state index contributed by atoms with van der Waals surface area (Å²) >= 11 is 0.881. The van der Waals surface area contributed by atoms with E-state index in [1.54, 1.807) is 6.92 Å². The first-order valence-electron chi connectivity index (χ1n) is 5.91. The molecule has 0 aliphatic carbocycles. The number of hydrogen-bond acceptors (Lipinski definition) is 5. The van der Waals surface area contributed by atoms with Crippen LogP contribution in [0.5, 0.6) is 0 Å². The third-order valence-electron chi connectivity index (χ3n) is 2.99. The van der Waals surface area contributed by atoms with Gasteiger partial charge in [0.1, 0.15) is 9.77 Å². The fraction of sp³-hybridized carbons (Fsp3) is 0.455. The van der Waals surface area contributed by atoms with Gasteiger partial charge in [-0.15, -0.1) is 11.3 Å². The van der Waals surface area contributed by atoms with E-state index in [2.05, 4.69) is 10.0 Å². The molecule has 2 rings (SSSR count). The maximum atomic E-state index is 12.2. The van der Waals surface area contributed by atoms with Crippen LogP contribution in [0.2, 0.25) is 0 Å². The molecule has 1 amide bonds. The predicted molar refractivity (Wildman–Crippen MR) is 72.4 cm³/mol. The molecule has 1 aliphatic rings. The van der Waals surface area contributed by atoms with Gasteiger partial charge < -0.3 is 10.4 Å². The standard InChI is InChI=1S/C11H14N2O5S2/c1-6-5-19-9(11(15)16)10(6)20(17,18)12-4-7-2-3-8(14)13-7/h5,7,12H,2-4H2,1H3,(H,13,14)(H,15,16). The fourth-order valence-corrected chi connectivity index (χ4v) is 4.74. The highest BCUT2D eigenvalue weighted by Crippen LogP contribution is 2.26. The van der Waals surface area contributed by atoms with E-state index < -0.39 is 16.0 Å². The Morgan fingerprint density at radius 2 is 2.30 bits per heavy atom. The van der Waals surface area contributed by atoms with Gasteiger partial charge in [0.15, 0.2) is 0 Å². The molecule has 1 saturated heterocycles. The Morgan fingerprint density at radius 3 is 2.85 bits per heavy atom. The highest BCUT2D eigenvalue weighted by Gasteiger charge is 2.28. The number of sulfonamides is 1. The number of aromatic carboxylic acids is 1. The van der Waals surface area contributed by atoms with Crippen molar-refractivity contribution in [1.29, 1.82) is 0 Å². The van der Waals surface area contributed by atoms with Crippen molar-refractivity contribution in [2.24, 2.45) is 0 Å². The summed E-state index contributed by atoms with van der Waals surface area (Å²) in [5.74, 6) is -1.37. The first-order valence-corrected chi connectivity index (χ1v) is 8.28. The quantitative estimate of drug-likeness (QED) is 0.723. The van der Waals surface area contributed by atoms with Gasteiger partial charge in [0.2, 0.25) is 15.9 Å². The molecule has 20 heavy (non-hydrogen) atoms. The van der Waals surface area contributed by atoms with Crippen LogP contribution in [0.25, 0.3) is 0 Å². The number of hydrogen-bond donors (Lipinski definition) is 3. The summed E-state index contributed by atoms with van der Waals surface area (Å²) in [6.45, 7) is 1.61. The maximum absolute atomic E-state index is 12.2. The minimum absolute atomic E-state index is 0.0580. The summed E-state index contributed by atoms with van der Waals surface area (Å²) in [7, 11) is -3.90. The number of thiophene rings is 1. The van der Waals surface area contributed by atoms with E-state index in [9.17, 15) is 18.0 Å². The molecule has 7 nitrogen and oxygen atoms in total. The lowest BCUT2D eigenvalue weighted by molar-refractivity contribution is -0.119. The Kier molecular flexibility index (Phi) is 4.11. The molecule has 1 aromatic heterocycles. The topological polar surface area (TPSA) is 113 Å². The van der Waals surface area contributed by atoms with E-state index in [0.29, 0.717) is 18.4 Å². The lowest BCUT2D eigenvalue weighted by Gasteiger charge is -2.12. The Morgan fingerprint density at radius 1 is 1.60 bits per heavy atom. The van der Waals surface area contributed by atoms with Crippen LogP contribution in [0.15, 0.2) is 10.3 Å². The van der Waals surface area contributed by atoms with Gasteiger partial charge >= 0.3 is 5.97 Å². The zero-order valence-corrected chi connectivity index (χ0v) is 12.3. The van der Waals surface area contributed by atoms with E-state index in [4.69, 9.17) is 5.11 Å². The molecule has 0 aromatic carbocycles. The first-order chi connectivity index (χ1) is 9.31. The van der Waals surface area contributed by atoms with Crippen LogP contribution in [0, 0.1) is 6.92 Å². The number of nitrogens with one attached hydrogen (secondary N) is 2. The molecule has 3 N–H and O–H groups in total. The molecule has 1 unspecified atom stereocenters. The summed E-state index contributed by atoms with van der Waals surface area (Å²) in [5.41, 5.74) is 0.398. The highest BCUT2D eigenvalue weighted by molar-refractivity contribution is 7.89. The monoisotopic (exact) mass is 318 g/mol. The fourth-order valence-electron chi connectivity index (χ4n) is 2.03. The van der Waals surface area contributed by atoms with E-state index in [1.165, 1.54) is 5.38 Å². The van der Waals surface area contributed by atoms with Crippen molar-refractivity contribution in [3.8, 4) is 0 Å². The van der Waals surface area contributed by atoms with Crippen LogP contribution in [0.1, 0.15) is 28.1 Å². The Balaban J connectivity index is 2.16. The third kappa shape index (κ3) is 3.00. The number of rotatable bonds is 5. The molecule has 1 fully saturated rings. The van der Waals surface area contributed by atoms with Crippen molar-refractivity contribution in [1.82, 2.24) is 10.0 Å². The average molecular weight is 318 g/mol. The van der Waals surface area contributed by atoms with Crippen molar-refractivity contribution in [2.75, 3.05) is 6.54 Å². The van der Waals surface area contributed by atoms with Crippen molar-refractivity contribution < 1.29 is 23.1 Å². The van der Waals surface area contributed by atoms with Gasteiger partial charge in [-0.2, -0.15) is 0 Å². The summed E-state index contributed by atoms with van der Waals surface area (Å²) in [5, 5.41) is 13.2. The number of carbonyl (C=O) groups is 2. The number of amides is 1. The van der Waals surface area contributed by atoms with Crippen LogP contribution >= 0.6 is 11.3 Å². The number of carbonyl (C=O) groups excluding carboxylic acids is 1. The lowest BCUT2D eigenvalue weighted by Crippen LogP contribution is -2.38. The van der Waals surface area contributed by atoms with Gasteiger partial charge in [-0.25, -0.2) is 17.9 Å². The van der Waals surface area contributed by atoms with Gasteiger partial charge in [-0.3, -0.25) is 4.79 Å². The molecule has 2 heterocycles. The van der Waals surface area contributed by atoms with E-state index in [1.807, 2.05) is 0 Å². The Hall–Kier alpha value is -1.45. The second-order valence-electron chi connectivity index (χ2n) is 4.54. The van der Waals surface area contributed by atoms with Crippen molar-refractivity contribution in [3.63, 3.8) is 0 Å². The maximum Gasteiger partial charge on any atom is 0.347 e. The van der Waals surface area contributed by atoms with Gasteiger partial charge in [0, 0.05) is 19.0 Å². The SMILES string of the molecule is Cc1csc(C(=O)O)c1S(=O)(=O)NCC1CCC(=O)N1. The van der Waals surface area contributed by atoms with Crippen molar-refractivity contribution in [3.05, 3.63) is 15.8 Å². The Bertz CT molecular complexity index is 650. The van der Waals surface area contributed by atoms with Crippen LogP contribution in [-0.4, -0.2) is 38.0 Å². The van der Waals surface area contributed by atoms with E-state index >= 15 is 0 Å². The molecule has 1 atom stereocenters. The summed E-state index contributed by atoms with van der Waals surface area (Å²) in [6.07, 6.45) is 0.944. The summed E-state index contributed by atoms with van der Waals surface area (Å²) in [4.78, 5) is 21.7. The molecule has 110 valence electrons. The van der Waals surface area contributed by atoms with Crippen molar-refractivity contribution >= 4 is 33.2 Å². The van der Waals surface area contributed by atoms with Crippen LogP contribution < -0.4 is 10.0 Å². The zero-order valence-electron chi connectivity index (χ0n) is 10.7. The number of carboxylic acids is 1. The molecular weight excluding hydrogens is 304 g/mol. The molecule has 0 spiro atoms. The van der Waals surface area contributed by atoms with Gasteiger partial charge in [0.05, 0.1) is 0 Å². The van der Waals surface area contributed by atoms with Crippen molar-refractivity contribution in [2.45, 2.75) is 30.7 Å². The smallest absolute Gasteiger partial charge is 0.347 e. The minimum atomic E-state index is -3.90. The van der Waals surface area contributed by atoms with Crippen LogP contribution in [0.3, 0.4) is 0 Å². The largest absolute Gasteiger partial charge is 0.477 e. The molecule has 9 heteroatoms. The zero-order chi connectivity index (χ0) is 14.9. The highest BCUT2D eigenvalue weighted by atomic mass is 32.2. The normalized spacial score (nSPS) is 19.1. The minimum Gasteiger partial charge on any atom is -0.477 e. The molecule has 0 saturated carbocycles. The molecule has 0 bridgehead atoms. The van der Waals surface area contributed by atoms with Crippen LogP contribution in [-0.2, 0) is 14.8 Å². The second kappa shape index (κ2) is 5.51. The summed E-state index contributed by atoms with van der Waals surface area (Å²) < 4.78 is 26.8. The molecule has 0 radical (unpaired) electrons. The second-order valence-corrected chi connectivity index (χ2v) is 7.12. The van der Waals surface area contributed by atoms with E-state index in [0.717, 1.165) is 11.3 Å². The lowest BCUT2D eigenvalue weighted by atomic mass is 10.2.